The molecule has 0 fully saturated rings. The second-order valence-corrected chi connectivity index (χ2v) is 5.75. The number of hydrogen-bond donors (Lipinski definition) is 2. The Labute approximate surface area is 125 Å². The highest BCUT2D eigenvalue weighted by Crippen LogP contribution is 2.25. The predicted molar refractivity (Wildman–Crippen MR) is 78.2 cm³/mol. The van der Waals surface area contributed by atoms with Gasteiger partial charge in [-0.3, -0.25) is 9.59 Å². The molecule has 2 aromatic rings. The van der Waals surface area contributed by atoms with E-state index in [2.05, 4.69) is 10.5 Å². The maximum Gasteiger partial charge on any atom is 0.303 e. The predicted octanol–water partition coefficient (Wildman–Crippen LogP) is 2.63. The highest BCUT2D eigenvalue weighted by molar-refractivity contribution is 7.13. The van der Waals surface area contributed by atoms with E-state index in [0.717, 1.165) is 4.88 Å². The minimum atomic E-state index is -0.828. The SMILES string of the molecule is CC(CCC(=O)O)CNC(=O)c1cc(-c2cccs2)on1. The molecular formula is C14H16N2O4S. The Morgan fingerprint density at radius 3 is 3.00 bits per heavy atom. The van der Waals surface area contributed by atoms with E-state index in [1.54, 1.807) is 6.07 Å². The molecule has 2 heterocycles. The van der Waals surface area contributed by atoms with E-state index in [1.165, 1.54) is 11.3 Å². The Balaban J connectivity index is 1.85. The molecule has 21 heavy (non-hydrogen) atoms. The third kappa shape index (κ3) is 4.42. The molecule has 2 aromatic heterocycles. The summed E-state index contributed by atoms with van der Waals surface area (Å²) in [6.45, 7) is 2.30. The first-order valence-corrected chi connectivity index (χ1v) is 7.45. The third-order valence-corrected chi connectivity index (χ3v) is 3.85. The van der Waals surface area contributed by atoms with E-state index < -0.39 is 5.97 Å². The average Bonchev–Trinajstić information content (AvgIpc) is 3.11. The maximum absolute atomic E-state index is 11.9. The molecule has 2 rings (SSSR count). The van der Waals surface area contributed by atoms with Gasteiger partial charge in [0.15, 0.2) is 11.5 Å². The van der Waals surface area contributed by atoms with E-state index in [-0.39, 0.29) is 23.9 Å². The summed E-state index contributed by atoms with van der Waals surface area (Å²) in [5.74, 6) is -0.489. The molecule has 7 heteroatoms. The van der Waals surface area contributed by atoms with Gasteiger partial charge < -0.3 is 14.9 Å². The molecule has 6 nitrogen and oxygen atoms in total. The Morgan fingerprint density at radius 1 is 1.52 bits per heavy atom. The minimum Gasteiger partial charge on any atom is -0.481 e. The average molecular weight is 308 g/mol. The minimum absolute atomic E-state index is 0.0914. The van der Waals surface area contributed by atoms with Crippen molar-refractivity contribution in [2.75, 3.05) is 6.54 Å². The second kappa shape index (κ2) is 7.03. The molecule has 1 amide bonds. The topological polar surface area (TPSA) is 92.4 Å². The lowest BCUT2D eigenvalue weighted by Gasteiger charge is -2.10. The number of carboxylic acid groups (broad SMARTS) is 1. The smallest absolute Gasteiger partial charge is 0.303 e. The number of carbonyl (C=O) groups excluding carboxylic acids is 1. The summed E-state index contributed by atoms with van der Waals surface area (Å²) in [5, 5.41) is 17.0. The largest absolute Gasteiger partial charge is 0.481 e. The first-order valence-electron chi connectivity index (χ1n) is 6.57. The Morgan fingerprint density at radius 2 is 2.33 bits per heavy atom. The van der Waals surface area contributed by atoms with Gasteiger partial charge >= 0.3 is 5.97 Å². The maximum atomic E-state index is 11.9. The van der Waals surface area contributed by atoms with Crippen molar-refractivity contribution < 1.29 is 19.2 Å². The van der Waals surface area contributed by atoms with Crippen molar-refractivity contribution in [2.45, 2.75) is 19.8 Å². The summed E-state index contributed by atoms with van der Waals surface area (Å²) in [6, 6.07) is 5.39. The van der Waals surface area contributed by atoms with Gasteiger partial charge in [0, 0.05) is 19.0 Å². The van der Waals surface area contributed by atoms with Gasteiger partial charge in [-0.05, 0) is 23.8 Å². The van der Waals surface area contributed by atoms with E-state index in [9.17, 15) is 9.59 Å². The van der Waals surface area contributed by atoms with Crippen LogP contribution >= 0.6 is 11.3 Å². The quantitative estimate of drug-likeness (QED) is 0.820. The molecule has 0 spiro atoms. The number of carboxylic acids is 1. The number of aromatic nitrogens is 1. The molecule has 1 atom stereocenters. The number of amides is 1. The molecular weight excluding hydrogens is 292 g/mol. The van der Waals surface area contributed by atoms with Gasteiger partial charge in [0.25, 0.3) is 5.91 Å². The van der Waals surface area contributed by atoms with Crippen molar-refractivity contribution in [3.8, 4) is 10.6 Å². The van der Waals surface area contributed by atoms with Crippen LogP contribution in [0.5, 0.6) is 0 Å². The van der Waals surface area contributed by atoms with Crippen LogP contribution in [0.4, 0.5) is 0 Å². The fourth-order valence-electron chi connectivity index (χ4n) is 1.75. The first-order chi connectivity index (χ1) is 10.1. The molecule has 0 aliphatic carbocycles. The van der Waals surface area contributed by atoms with Crippen LogP contribution in [0.15, 0.2) is 28.1 Å². The van der Waals surface area contributed by atoms with Gasteiger partial charge in [-0.1, -0.05) is 18.1 Å². The lowest BCUT2D eigenvalue weighted by molar-refractivity contribution is -0.137. The first kappa shape index (κ1) is 15.2. The van der Waals surface area contributed by atoms with Gasteiger partial charge in [0.05, 0.1) is 4.88 Å². The number of nitrogens with zero attached hydrogens (tertiary/aromatic N) is 1. The van der Waals surface area contributed by atoms with Crippen molar-refractivity contribution in [1.82, 2.24) is 10.5 Å². The molecule has 0 radical (unpaired) electrons. The van der Waals surface area contributed by atoms with Crippen LogP contribution in [0.2, 0.25) is 0 Å². The summed E-state index contributed by atoms with van der Waals surface area (Å²) in [4.78, 5) is 23.3. The van der Waals surface area contributed by atoms with Gasteiger partial charge in [-0.2, -0.15) is 0 Å². The third-order valence-electron chi connectivity index (χ3n) is 2.97. The zero-order chi connectivity index (χ0) is 15.2. The molecule has 0 saturated carbocycles. The zero-order valence-electron chi connectivity index (χ0n) is 11.5. The molecule has 1 unspecified atom stereocenters. The van der Waals surface area contributed by atoms with Crippen molar-refractivity contribution in [1.29, 1.82) is 0 Å². The van der Waals surface area contributed by atoms with Crippen molar-refractivity contribution in [3.63, 3.8) is 0 Å². The Bertz CT molecular complexity index is 606. The van der Waals surface area contributed by atoms with Crippen LogP contribution in [-0.4, -0.2) is 28.7 Å². The molecule has 2 N–H and O–H groups in total. The molecule has 0 saturated heterocycles. The number of rotatable bonds is 7. The molecule has 0 bridgehead atoms. The molecule has 0 aliphatic rings. The highest BCUT2D eigenvalue weighted by Gasteiger charge is 2.15. The van der Waals surface area contributed by atoms with Crippen molar-refractivity contribution >= 4 is 23.2 Å². The standard InChI is InChI=1S/C14H16N2O4S/c1-9(4-5-13(17)18)8-15-14(19)10-7-11(20-16-10)12-3-2-6-21-12/h2-3,6-7,9H,4-5,8H2,1H3,(H,15,19)(H,17,18). The van der Waals surface area contributed by atoms with E-state index in [0.29, 0.717) is 18.7 Å². The van der Waals surface area contributed by atoms with E-state index in [4.69, 9.17) is 9.63 Å². The molecule has 112 valence electrons. The van der Waals surface area contributed by atoms with Crippen LogP contribution in [0.3, 0.4) is 0 Å². The summed E-state index contributed by atoms with van der Waals surface area (Å²) in [5.41, 5.74) is 0.226. The van der Waals surface area contributed by atoms with E-state index in [1.807, 2.05) is 24.4 Å². The lowest BCUT2D eigenvalue weighted by atomic mass is 10.1. The van der Waals surface area contributed by atoms with Gasteiger partial charge in [-0.15, -0.1) is 11.3 Å². The summed E-state index contributed by atoms with van der Waals surface area (Å²) < 4.78 is 5.14. The van der Waals surface area contributed by atoms with Crippen molar-refractivity contribution in [3.05, 3.63) is 29.3 Å². The lowest BCUT2D eigenvalue weighted by Crippen LogP contribution is -2.28. The number of thiophene rings is 1. The number of carbonyl (C=O) groups is 2. The number of nitrogens with one attached hydrogen (secondary N) is 1. The van der Waals surface area contributed by atoms with Crippen LogP contribution in [0, 0.1) is 5.92 Å². The fraction of sp³-hybridized carbons (Fsp3) is 0.357. The van der Waals surface area contributed by atoms with Gasteiger partial charge in [-0.25, -0.2) is 0 Å². The van der Waals surface area contributed by atoms with Crippen molar-refractivity contribution in [2.24, 2.45) is 5.92 Å². The molecule has 0 aromatic carbocycles. The van der Waals surface area contributed by atoms with Gasteiger partial charge in [0.2, 0.25) is 0 Å². The summed E-state index contributed by atoms with van der Waals surface area (Å²) in [6.07, 6.45) is 0.623. The van der Waals surface area contributed by atoms with Crippen LogP contribution in [0.25, 0.3) is 10.6 Å². The number of hydrogen-bond acceptors (Lipinski definition) is 5. The second-order valence-electron chi connectivity index (χ2n) is 4.80. The van der Waals surface area contributed by atoms with Crippen LogP contribution in [-0.2, 0) is 4.79 Å². The Kier molecular flexibility index (Phi) is 5.10. The van der Waals surface area contributed by atoms with Crippen LogP contribution in [0.1, 0.15) is 30.3 Å². The normalized spacial score (nSPS) is 12.0. The fourth-order valence-corrected chi connectivity index (χ4v) is 2.42. The van der Waals surface area contributed by atoms with Crippen LogP contribution < -0.4 is 5.32 Å². The van der Waals surface area contributed by atoms with Gasteiger partial charge in [0.1, 0.15) is 0 Å². The summed E-state index contributed by atoms with van der Waals surface area (Å²) >= 11 is 1.51. The van der Waals surface area contributed by atoms with E-state index >= 15 is 0 Å². The highest BCUT2D eigenvalue weighted by atomic mass is 32.1. The molecule has 0 aliphatic heterocycles. The Hall–Kier alpha value is -2.15. The summed E-state index contributed by atoms with van der Waals surface area (Å²) in [7, 11) is 0. The monoisotopic (exact) mass is 308 g/mol. The zero-order valence-corrected chi connectivity index (χ0v) is 12.4. The number of aliphatic carboxylic acids is 1.